The maximum Gasteiger partial charge on any atom is 0.0681 e. The third-order valence-corrected chi connectivity index (χ3v) is 1.87. The molecule has 0 aliphatic rings. The molecule has 14 heavy (non-hydrogen) atoms. The van der Waals surface area contributed by atoms with Crippen LogP contribution in [0.5, 0.6) is 0 Å². The Morgan fingerprint density at radius 2 is 2.00 bits per heavy atom. The van der Waals surface area contributed by atoms with E-state index in [2.05, 4.69) is 17.2 Å². The normalized spacial score (nSPS) is 9.29. The highest BCUT2D eigenvalue weighted by Gasteiger charge is 1.88. The van der Waals surface area contributed by atoms with Gasteiger partial charge in [-0.3, -0.25) is 0 Å². The minimum absolute atomic E-state index is 0.0907. The van der Waals surface area contributed by atoms with E-state index >= 15 is 0 Å². The lowest BCUT2D eigenvalue weighted by Gasteiger charge is -1.94. The number of aliphatic hydroxyl groups excluding tert-OH is 1. The van der Waals surface area contributed by atoms with Crippen LogP contribution in [0.25, 0.3) is 0 Å². The fraction of sp³-hybridized carbons (Fsp3) is 0.333. The molecular weight excluding hydrogens is 174 g/mol. The Morgan fingerprint density at radius 3 is 2.57 bits per heavy atom. The van der Waals surface area contributed by atoms with Crippen LogP contribution in [0.1, 0.15) is 17.5 Å². The molecule has 2 N–H and O–H groups in total. The van der Waals surface area contributed by atoms with Crippen LogP contribution in [0.15, 0.2) is 24.3 Å². The lowest BCUT2D eigenvalue weighted by molar-refractivity contribution is 0.282. The van der Waals surface area contributed by atoms with Gasteiger partial charge in [-0.1, -0.05) is 24.0 Å². The molecule has 0 aliphatic carbocycles. The molecule has 0 heterocycles. The van der Waals surface area contributed by atoms with Crippen molar-refractivity contribution in [2.24, 2.45) is 0 Å². The number of benzene rings is 1. The van der Waals surface area contributed by atoms with Gasteiger partial charge in [0.15, 0.2) is 0 Å². The zero-order valence-electron chi connectivity index (χ0n) is 8.38. The summed E-state index contributed by atoms with van der Waals surface area (Å²) in [5.41, 5.74) is 1.92. The van der Waals surface area contributed by atoms with Crippen LogP contribution in [0.3, 0.4) is 0 Å². The molecule has 0 fully saturated rings. The van der Waals surface area contributed by atoms with E-state index in [1.807, 2.05) is 31.3 Å². The molecule has 2 nitrogen and oxygen atoms in total. The molecule has 0 bridgehead atoms. The smallest absolute Gasteiger partial charge is 0.0681 e. The van der Waals surface area contributed by atoms with Crippen LogP contribution < -0.4 is 5.32 Å². The predicted octanol–water partition coefficient (Wildman–Crippen LogP) is 1.14. The van der Waals surface area contributed by atoms with E-state index in [1.54, 1.807) is 0 Å². The van der Waals surface area contributed by atoms with Crippen molar-refractivity contribution in [3.63, 3.8) is 0 Å². The van der Waals surface area contributed by atoms with Crippen LogP contribution in [-0.2, 0) is 6.61 Å². The fourth-order valence-corrected chi connectivity index (χ4v) is 1.05. The second kappa shape index (κ2) is 6.20. The Hall–Kier alpha value is -1.30. The number of hydrogen-bond donors (Lipinski definition) is 2. The van der Waals surface area contributed by atoms with E-state index in [1.165, 1.54) is 0 Å². The summed E-state index contributed by atoms with van der Waals surface area (Å²) in [4.78, 5) is 0. The Morgan fingerprint density at radius 1 is 1.29 bits per heavy atom. The molecule has 0 aromatic heterocycles. The van der Waals surface area contributed by atoms with Crippen LogP contribution in [0.4, 0.5) is 0 Å². The molecule has 1 rings (SSSR count). The van der Waals surface area contributed by atoms with Crippen LogP contribution >= 0.6 is 0 Å². The zero-order valence-corrected chi connectivity index (χ0v) is 8.38. The van der Waals surface area contributed by atoms with Gasteiger partial charge in [0.2, 0.25) is 0 Å². The Labute approximate surface area is 85.0 Å². The molecule has 0 atom stereocenters. The molecule has 0 spiro atoms. The van der Waals surface area contributed by atoms with E-state index in [0.29, 0.717) is 0 Å². The van der Waals surface area contributed by atoms with Gasteiger partial charge in [0.25, 0.3) is 0 Å². The first-order valence-corrected chi connectivity index (χ1v) is 4.70. The van der Waals surface area contributed by atoms with E-state index in [0.717, 1.165) is 24.1 Å². The average Bonchev–Trinajstić information content (AvgIpc) is 2.25. The second-order valence-electron chi connectivity index (χ2n) is 3.01. The zero-order chi connectivity index (χ0) is 10.2. The third kappa shape index (κ3) is 3.61. The topological polar surface area (TPSA) is 32.3 Å². The highest BCUT2D eigenvalue weighted by molar-refractivity contribution is 5.35. The number of hydrogen-bond acceptors (Lipinski definition) is 2. The van der Waals surface area contributed by atoms with Crippen LogP contribution in [0, 0.1) is 11.8 Å². The minimum Gasteiger partial charge on any atom is -0.392 e. The Kier molecular flexibility index (Phi) is 4.77. The molecule has 0 amide bonds. The molecular formula is C12H15NO. The van der Waals surface area contributed by atoms with Gasteiger partial charge in [-0.15, -0.1) is 0 Å². The molecule has 0 aliphatic heterocycles. The minimum atomic E-state index is 0.0907. The van der Waals surface area contributed by atoms with Gasteiger partial charge in [0, 0.05) is 18.5 Å². The van der Waals surface area contributed by atoms with Gasteiger partial charge in [0.05, 0.1) is 6.61 Å². The third-order valence-electron chi connectivity index (χ3n) is 1.87. The van der Waals surface area contributed by atoms with Gasteiger partial charge >= 0.3 is 0 Å². The van der Waals surface area contributed by atoms with E-state index in [-0.39, 0.29) is 6.61 Å². The molecule has 1 aromatic carbocycles. The van der Waals surface area contributed by atoms with Crippen molar-refractivity contribution in [3.8, 4) is 11.8 Å². The summed E-state index contributed by atoms with van der Waals surface area (Å²) in [6.45, 7) is 1.01. The number of nitrogens with one attached hydrogen (secondary N) is 1. The summed E-state index contributed by atoms with van der Waals surface area (Å²) in [7, 11) is 1.91. The Bertz CT molecular complexity index is 318. The lowest BCUT2D eigenvalue weighted by Crippen LogP contribution is -2.05. The average molecular weight is 189 g/mol. The van der Waals surface area contributed by atoms with Gasteiger partial charge < -0.3 is 10.4 Å². The molecule has 74 valence electrons. The summed E-state index contributed by atoms with van der Waals surface area (Å²) in [6.07, 6.45) is 0.859. The van der Waals surface area contributed by atoms with E-state index < -0.39 is 0 Å². The van der Waals surface area contributed by atoms with Crippen LogP contribution in [0.2, 0.25) is 0 Å². The Balaban J connectivity index is 2.53. The first-order chi connectivity index (χ1) is 6.86. The molecule has 0 saturated heterocycles. The van der Waals surface area contributed by atoms with Crippen LogP contribution in [-0.4, -0.2) is 18.7 Å². The molecule has 0 saturated carbocycles. The van der Waals surface area contributed by atoms with Crippen molar-refractivity contribution < 1.29 is 5.11 Å². The fourth-order valence-electron chi connectivity index (χ4n) is 1.05. The summed E-state index contributed by atoms with van der Waals surface area (Å²) in [5.74, 6) is 6.12. The largest absolute Gasteiger partial charge is 0.392 e. The highest BCUT2D eigenvalue weighted by Crippen LogP contribution is 2.02. The quantitative estimate of drug-likeness (QED) is 0.552. The summed E-state index contributed by atoms with van der Waals surface area (Å²) >= 11 is 0. The maximum atomic E-state index is 8.83. The van der Waals surface area contributed by atoms with Gasteiger partial charge in [0.1, 0.15) is 0 Å². The molecule has 2 heteroatoms. The summed E-state index contributed by atoms with van der Waals surface area (Å²) in [5, 5.41) is 11.9. The standard InChI is InChI=1S/C12H15NO/c1-13-9-3-2-4-11-5-7-12(10-14)8-6-11/h5-8,13-14H,3,9-10H2,1H3. The summed E-state index contributed by atoms with van der Waals surface area (Å²) < 4.78 is 0. The van der Waals surface area contributed by atoms with Gasteiger partial charge in [-0.05, 0) is 24.7 Å². The molecule has 0 unspecified atom stereocenters. The predicted molar refractivity (Wildman–Crippen MR) is 57.8 cm³/mol. The lowest BCUT2D eigenvalue weighted by atomic mass is 10.1. The van der Waals surface area contributed by atoms with Crippen molar-refractivity contribution in [1.29, 1.82) is 0 Å². The van der Waals surface area contributed by atoms with Crippen molar-refractivity contribution in [2.45, 2.75) is 13.0 Å². The highest BCUT2D eigenvalue weighted by atomic mass is 16.3. The summed E-state index contributed by atoms with van der Waals surface area (Å²) in [6, 6.07) is 7.64. The van der Waals surface area contributed by atoms with Crippen molar-refractivity contribution in [3.05, 3.63) is 35.4 Å². The maximum absolute atomic E-state index is 8.83. The van der Waals surface area contributed by atoms with Gasteiger partial charge in [-0.2, -0.15) is 0 Å². The van der Waals surface area contributed by atoms with Gasteiger partial charge in [-0.25, -0.2) is 0 Å². The molecule has 1 aromatic rings. The van der Waals surface area contributed by atoms with Crippen molar-refractivity contribution in [2.75, 3.05) is 13.6 Å². The van der Waals surface area contributed by atoms with E-state index in [4.69, 9.17) is 5.11 Å². The first-order valence-electron chi connectivity index (χ1n) is 4.70. The SMILES string of the molecule is CNCCC#Cc1ccc(CO)cc1. The molecule has 0 radical (unpaired) electrons. The monoisotopic (exact) mass is 189 g/mol. The first kappa shape index (κ1) is 10.8. The van der Waals surface area contributed by atoms with Crippen molar-refractivity contribution in [1.82, 2.24) is 5.32 Å². The number of rotatable bonds is 3. The van der Waals surface area contributed by atoms with Crippen molar-refractivity contribution >= 4 is 0 Å². The second-order valence-corrected chi connectivity index (χ2v) is 3.01. The number of aliphatic hydroxyl groups is 1. The van der Waals surface area contributed by atoms with E-state index in [9.17, 15) is 0 Å².